The number of amides is 1. The van der Waals surface area contributed by atoms with E-state index in [1.165, 1.54) is 0 Å². The molecule has 0 aliphatic carbocycles. The van der Waals surface area contributed by atoms with Gasteiger partial charge >= 0.3 is 0 Å². The lowest BCUT2D eigenvalue weighted by Gasteiger charge is -2.09. The van der Waals surface area contributed by atoms with E-state index >= 15 is 0 Å². The van der Waals surface area contributed by atoms with E-state index < -0.39 is 0 Å². The van der Waals surface area contributed by atoms with Gasteiger partial charge in [-0.2, -0.15) is 0 Å². The highest BCUT2D eigenvalue weighted by atomic mass is 35.5. The highest BCUT2D eigenvalue weighted by Crippen LogP contribution is 2.19. The molecule has 3 nitrogen and oxygen atoms in total. The monoisotopic (exact) mass is 287 g/mol. The molecule has 18 heavy (non-hydrogen) atoms. The van der Waals surface area contributed by atoms with Gasteiger partial charge in [-0.15, -0.1) is 12.6 Å². The molecule has 0 heterocycles. The third kappa shape index (κ3) is 4.88. The number of hydrogen-bond donors (Lipinski definition) is 3. The average molecular weight is 288 g/mol. The molecule has 1 atom stereocenters. The van der Waals surface area contributed by atoms with Crippen LogP contribution in [0, 0.1) is 5.92 Å². The number of hydrogen-bond acceptors (Lipinski definition) is 3. The summed E-state index contributed by atoms with van der Waals surface area (Å²) < 4.78 is 0. The Kier molecular flexibility index (Phi) is 6.54. The van der Waals surface area contributed by atoms with Crippen molar-refractivity contribution < 1.29 is 9.90 Å². The van der Waals surface area contributed by atoms with E-state index in [2.05, 4.69) is 17.9 Å². The lowest BCUT2D eigenvalue weighted by molar-refractivity contribution is 0.0952. The van der Waals surface area contributed by atoms with Crippen LogP contribution >= 0.6 is 24.2 Å². The molecule has 0 saturated carbocycles. The molecular formula is C13H18ClNO2S. The molecule has 0 saturated heterocycles. The summed E-state index contributed by atoms with van der Waals surface area (Å²) in [5, 5.41) is 12.1. The van der Waals surface area contributed by atoms with Crippen LogP contribution in [0.5, 0.6) is 0 Å². The first-order valence-corrected chi connectivity index (χ1v) is 6.74. The Labute approximate surface area is 118 Å². The summed E-state index contributed by atoms with van der Waals surface area (Å²) in [6, 6.07) is 5.05. The van der Waals surface area contributed by atoms with E-state index in [1.54, 1.807) is 18.2 Å². The van der Waals surface area contributed by atoms with E-state index in [9.17, 15) is 4.79 Å². The highest BCUT2D eigenvalue weighted by molar-refractivity contribution is 7.80. The number of benzene rings is 1. The first-order valence-electron chi connectivity index (χ1n) is 5.92. The van der Waals surface area contributed by atoms with Crippen molar-refractivity contribution in [2.24, 2.45) is 5.92 Å². The average Bonchev–Trinajstić information content (AvgIpc) is 2.36. The van der Waals surface area contributed by atoms with Crippen LogP contribution in [0.4, 0.5) is 0 Å². The minimum atomic E-state index is -0.187. The zero-order chi connectivity index (χ0) is 13.5. The van der Waals surface area contributed by atoms with Crippen molar-refractivity contribution in [1.29, 1.82) is 0 Å². The van der Waals surface area contributed by atoms with Crippen molar-refractivity contribution in [3.05, 3.63) is 28.8 Å². The van der Waals surface area contributed by atoms with Crippen LogP contribution in [-0.4, -0.2) is 24.2 Å². The highest BCUT2D eigenvalue weighted by Gasteiger charge is 2.10. The third-order valence-electron chi connectivity index (χ3n) is 2.67. The van der Waals surface area contributed by atoms with E-state index in [0.29, 0.717) is 22.0 Å². The van der Waals surface area contributed by atoms with Crippen LogP contribution in [0.15, 0.2) is 23.1 Å². The molecule has 0 aliphatic heterocycles. The molecule has 0 aliphatic rings. The normalized spacial score (nSPS) is 12.2. The first kappa shape index (κ1) is 15.3. The molecule has 5 heteroatoms. The van der Waals surface area contributed by atoms with Crippen molar-refractivity contribution in [2.75, 3.05) is 13.2 Å². The summed E-state index contributed by atoms with van der Waals surface area (Å²) in [5.41, 5.74) is 0.444. The van der Waals surface area contributed by atoms with Gasteiger partial charge in [-0.3, -0.25) is 4.79 Å². The van der Waals surface area contributed by atoms with Gasteiger partial charge in [-0.1, -0.05) is 18.5 Å². The van der Waals surface area contributed by atoms with E-state index in [0.717, 1.165) is 12.8 Å². The zero-order valence-electron chi connectivity index (χ0n) is 10.3. The largest absolute Gasteiger partial charge is 0.396 e. The maximum Gasteiger partial charge on any atom is 0.252 e. The Morgan fingerprint density at radius 3 is 2.94 bits per heavy atom. The van der Waals surface area contributed by atoms with Gasteiger partial charge in [0.25, 0.3) is 5.91 Å². The van der Waals surface area contributed by atoms with Crippen molar-refractivity contribution in [3.8, 4) is 0 Å². The number of thiol groups is 1. The van der Waals surface area contributed by atoms with Crippen LogP contribution < -0.4 is 5.32 Å². The van der Waals surface area contributed by atoms with Gasteiger partial charge in [0.1, 0.15) is 0 Å². The molecule has 1 amide bonds. The van der Waals surface area contributed by atoms with Crippen molar-refractivity contribution in [3.63, 3.8) is 0 Å². The number of carbonyl (C=O) groups is 1. The quantitative estimate of drug-likeness (QED) is 0.557. The van der Waals surface area contributed by atoms with Gasteiger partial charge in [0.2, 0.25) is 0 Å². The second kappa shape index (κ2) is 7.67. The number of rotatable bonds is 6. The molecule has 1 rings (SSSR count). The third-order valence-corrected chi connectivity index (χ3v) is 3.27. The Morgan fingerprint density at radius 2 is 2.28 bits per heavy atom. The molecule has 0 aromatic heterocycles. The molecule has 1 aromatic carbocycles. The van der Waals surface area contributed by atoms with Crippen LogP contribution in [0.3, 0.4) is 0 Å². The van der Waals surface area contributed by atoms with Crippen LogP contribution in [0.2, 0.25) is 5.02 Å². The molecular weight excluding hydrogens is 270 g/mol. The fraction of sp³-hybridized carbons (Fsp3) is 0.462. The molecule has 2 N–H and O–H groups in total. The number of halogens is 1. The smallest absolute Gasteiger partial charge is 0.252 e. The summed E-state index contributed by atoms with van der Waals surface area (Å²) >= 11 is 10.1. The van der Waals surface area contributed by atoms with Crippen molar-refractivity contribution in [2.45, 2.75) is 24.7 Å². The summed E-state index contributed by atoms with van der Waals surface area (Å²) in [6.07, 6.45) is 1.72. The minimum absolute atomic E-state index is 0.182. The molecule has 0 bridgehead atoms. The second-order valence-corrected chi connectivity index (χ2v) is 5.27. The van der Waals surface area contributed by atoms with Gasteiger partial charge in [0.05, 0.1) is 10.6 Å². The summed E-state index contributed by atoms with van der Waals surface area (Å²) in [6.45, 7) is 2.74. The molecule has 1 unspecified atom stereocenters. The Bertz CT molecular complexity index is 412. The zero-order valence-corrected chi connectivity index (χ0v) is 12.0. The first-order chi connectivity index (χ1) is 8.54. The molecule has 0 spiro atoms. The molecule has 1 aromatic rings. The van der Waals surface area contributed by atoms with Gasteiger partial charge in [-0.05, 0) is 37.0 Å². The number of aliphatic hydroxyl groups is 1. The molecule has 0 fully saturated rings. The van der Waals surface area contributed by atoms with Crippen molar-refractivity contribution in [1.82, 2.24) is 5.32 Å². The standard InChI is InChI=1S/C13H18ClNO2S/c1-9(8-16)3-2-6-15-13(17)11-7-10(18)4-5-12(11)14/h4-5,7,9,16,18H,2-3,6,8H2,1H3,(H,15,17). The van der Waals surface area contributed by atoms with Gasteiger partial charge in [0.15, 0.2) is 0 Å². The summed E-state index contributed by atoms with van der Waals surface area (Å²) in [4.78, 5) is 12.6. The lowest BCUT2D eigenvalue weighted by atomic mass is 10.1. The molecule has 0 radical (unpaired) electrons. The maximum atomic E-state index is 11.9. The van der Waals surface area contributed by atoms with E-state index in [4.69, 9.17) is 16.7 Å². The van der Waals surface area contributed by atoms with Gasteiger partial charge in [-0.25, -0.2) is 0 Å². The number of carbonyl (C=O) groups excluding carboxylic acids is 1. The molecule has 100 valence electrons. The van der Waals surface area contributed by atoms with Gasteiger partial charge < -0.3 is 10.4 Å². The van der Waals surface area contributed by atoms with Gasteiger partial charge in [0, 0.05) is 18.0 Å². The second-order valence-electron chi connectivity index (χ2n) is 4.35. The van der Waals surface area contributed by atoms with Crippen molar-refractivity contribution >= 4 is 30.1 Å². The summed E-state index contributed by atoms with van der Waals surface area (Å²) in [7, 11) is 0. The maximum absolute atomic E-state index is 11.9. The summed E-state index contributed by atoms with van der Waals surface area (Å²) in [5.74, 6) is 0.0822. The number of nitrogens with one attached hydrogen (secondary N) is 1. The topological polar surface area (TPSA) is 49.3 Å². The Hall–Kier alpha value is -0.710. The predicted octanol–water partition coefficient (Wildman–Crippen LogP) is 2.77. The SMILES string of the molecule is CC(CO)CCCNC(=O)c1cc(S)ccc1Cl. The lowest BCUT2D eigenvalue weighted by Crippen LogP contribution is -2.25. The fourth-order valence-corrected chi connectivity index (χ4v) is 1.93. The van der Waals surface area contributed by atoms with Crippen LogP contribution in [0.1, 0.15) is 30.1 Å². The van der Waals surface area contributed by atoms with Crippen LogP contribution in [0.25, 0.3) is 0 Å². The van der Waals surface area contributed by atoms with E-state index in [-0.39, 0.29) is 18.4 Å². The van der Waals surface area contributed by atoms with Crippen LogP contribution in [-0.2, 0) is 0 Å². The number of aliphatic hydroxyl groups excluding tert-OH is 1. The minimum Gasteiger partial charge on any atom is -0.396 e. The Balaban J connectivity index is 2.43. The van der Waals surface area contributed by atoms with E-state index in [1.807, 2.05) is 6.92 Å². The predicted molar refractivity (Wildman–Crippen MR) is 76.5 cm³/mol. The fourth-order valence-electron chi connectivity index (χ4n) is 1.53. The Morgan fingerprint density at radius 1 is 1.56 bits per heavy atom.